The van der Waals surface area contributed by atoms with Gasteiger partial charge in [0, 0.05) is 22.5 Å². The van der Waals surface area contributed by atoms with Crippen molar-refractivity contribution in [2.24, 2.45) is 0 Å². The lowest BCUT2D eigenvalue weighted by molar-refractivity contribution is 0.415. The zero-order valence-corrected chi connectivity index (χ0v) is 14.6. The van der Waals surface area contributed by atoms with Crippen molar-refractivity contribution in [1.29, 1.82) is 0 Å². The Hall–Kier alpha value is -2.26. The van der Waals surface area contributed by atoms with Crippen LogP contribution in [0.4, 0.5) is 11.4 Å². The third-order valence-electron chi connectivity index (χ3n) is 4.02. The predicted octanol–water partition coefficient (Wildman–Crippen LogP) is 5.33. The molecule has 0 unspecified atom stereocenters. The van der Waals surface area contributed by atoms with Crippen LogP contribution < -0.4 is 10.1 Å². The van der Waals surface area contributed by atoms with E-state index in [9.17, 15) is 0 Å². The molecule has 1 aromatic heterocycles. The van der Waals surface area contributed by atoms with Gasteiger partial charge in [0.25, 0.3) is 0 Å². The van der Waals surface area contributed by atoms with Crippen molar-refractivity contribution in [2.45, 2.75) is 20.8 Å². The van der Waals surface area contributed by atoms with E-state index in [0.29, 0.717) is 0 Å². The highest BCUT2D eigenvalue weighted by Gasteiger charge is 2.08. The molecule has 0 saturated carbocycles. The normalized spacial score (nSPS) is 10.3. The zero-order valence-electron chi connectivity index (χ0n) is 13.8. The summed E-state index contributed by atoms with van der Waals surface area (Å²) in [6, 6.07) is 14.3. The third-order valence-corrected chi connectivity index (χ3v) is 4.02. The van der Waals surface area contributed by atoms with Gasteiger partial charge in [-0.2, -0.15) is 0 Å². The maximum Gasteiger partial charge on any atom is 0.119 e. The van der Waals surface area contributed by atoms with E-state index in [1.165, 1.54) is 11.1 Å². The van der Waals surface area contributed by atoms with Crippen molar-refractivity contribution in [2.75, 3.05) is 12.4 Å². The van der Waals surface area contributed by atoms with Crippen LogP contribution in [0.5, 0.6) is 5.75 Å². The number of halogens is 1. The Kier molecular flexibility index (Phi) is 5.12. The van der Waals surface area contributed by atoms with E-state index in [1.807, 2.05) is 25.1 Å². The Morgan fingerprint density at radius 3 is 2.48 bits per heavy atom. The molecule has 0 saturated heterocycles. The molecule has 3 rings (SSSR count). The predicted molar refractivity (Wildman–Crippen MR) is 99.5 cm³/mol. The summed E-state index contributed by atoms with van der Waals surface area (Å²) in [7, 11) is 1.68. The molecule has 1 heterocycles. The average molecular weight is 329 g/mol. The van der Waals surface area contributed by atoms with Gasteiger partial charge in [-0.3, -0.25) is 4.98 Å². The van der Waals surface area contributed by atoms with Gasteiger partial charge in [0.15, 0.2) is 0 Å². The second kappa shape index (κ2) is 6.88. The second-order valence-electron chi connectivity index (χ2n) is 5.57. The summed E-state index contributed by atoms with van der Waals surface area (Å²) < 4.78 is 5.35. The first-order chi connectivity index (χ1) is 10.6. The van der Waals surface area contributed by atoms with E-state index >= 15 is 0 Å². The lowest BCUT2D eigenvalue weighted by Gasteiger charge is -2.14. The Balaban J connectivity index is 0.00000192. The lowest BCUT2D eigenvalue weighted by Crippen LogP contribution is -1.98. The molecule has 3 nitrogen and oxygen atoms in total. The fraction of sp³-hybridized carbons (Fsp3) is 0.211. The summed E-state index contributed by atoms with van der Waals surface area (Å²) in [6.45, 7) is 6.27. The summed E-state index contributed by atoms with van der Waals surface area (Å²) >= 11 is 0. The second-order valence-corrected chi connectivity index (χ2v) is 5.57. The number of nitrogens with zero attached hydrogens (tertiary/aromatic N) is 1. The summed E-state index contributed by atoms with van der Waals surface area (Å²) in [6.07, 6.45) is 0. The number of hydrogen-bond acceptors (Lipinski definition) is 3. The highest BCUT2D eigenvalue weighted by molar-refractivity contribution is 5.94. The number of ether oxygens (including phenoxy) is 1. The first-order valence-corrected chi connectivity index (χ1v) is 7.37. The van der Waals surface area contributed by atoms with Crippen molar-refractivity contribution in [3.8, 4) is 5.75 Å². The Morgan fingerprint density at radius 2 is 1.74 bits per heavy atom. The first kappa shape index (κ1) is 17.1. The van der Waals surface area contributed by atoms with Gasteiger partial charge in [0.05, 0.1) is 12.6 Å². The monoisotopic (exact) mass is 328 g/mol. The van der Waals surface area contributed by atoms with Crippen LogP contribution in [0.25, 0.3) is 10.9 Å². The standard InChI is InChI=1S/C19H20N2O.ClH/c1-12-6-5-7-17(14(12)3)21-19-10-13(2)20-18-9-8-15(22-4)11-16(18)19;/h5-11H,1-4H3,(H,20,21);1H. The SMILES string of the molecule is COc1ccc2nc(C)cc(Nc3cccc(C)c3C)c2c1.Cl. The molecule has 0 atom stereocenters. The van der Waals surface area contributed by atoms with Crippen LogP contribution in [0.3, 0.4) is 0 Å². The molecule has 0 radical (unpaired) electrons. The number of hydrogen-bond donors (Lipinski definition) is 1. The summed E-state index contributed by atoms with van der Waals surface area (Å²) in [5.74, 6) is 0.835. The molecule has 4 heteroatoms. The minimum Gasteiger partial charge on any atom is -0.497 e. The number of fused-ring (bicyclic) bond motifs is 1. The molecule has 1 N–H and O–H groups in total. The van der Waals surface area contributed by atoms with Crippen LogP contribution in [-0.4, -0.2) is 12.1 Å². The van der Waals surface area contributed by atoms with Crippen molar-refractivity contribution in [3.63, 3.8) is 0 Å². The highest BCUT2D eigenvalue weighted by atomic mass is 35.5. The van der Waals surface area contributed by atoms with Crippen LogP contribution in [0.2, 0.25) is 0 Å². The van der Waals surface area contributed by atoms with Gasteiger partial charge in [-0.1, -0.05) is 12.1 Å². The van der Waals surface area contributed by atoms with Crippen LogP contribution in [0.15, 0.2) is 42.5 Å². The molecular formula is C19H21ClN2O. The number of nitrogens with one attached hydrogen (secondary N) is 1. The summed E-state index contributed by atoms with van der Waals surface area (Å²) in [5.41, 5.74) is 6.66. The highest BCUT2D eigenvalue weighted by Crippen LogP contribution is 2.31. The van der Waals surface area contributed by atoms with Crippen molar-refractivity contribution >= 4 is 34.7 Å². The van der Waals surface area contributed by atoms with Gasteiger partial charge >= 0.3 is 0 Å². The number of rotatable bonds is 3. The molecule has 0 amide bonds. The number of methoxy groups -OCH3 is 1. The maximum absolute atomic E-state index is 5.35. The van der Waals surface area contributed by atoms with E-state index in [-0.39, 0.29) is 12.4 Å². The van der Waals surface area contributed by atoms with Crippen LogP contribution in [-0.2, 0) is 0 Å². The molecule has 0 spiro atoms. The first-order valence-electron chi connectivity index (χ1n) is 7.37. The number of anilines is 2. The molecule has 0 aliphatic heterocycles. The van der Waals surface area contributed by atoms with Gasteiger partial charge in [-0.25, -0.2) is 0 Å². The zero-order chi connectivity index (χ0) is 15.7. The molecule has 0 fully saturated rings. The fourth-order valence-electron chi connectivity index (χ4n) is 2.60. The van der Waals surface area contributed by atoms with Gasteiger partial charge in [-0.05, 0) is 62.2 Å². The quantitative estimate of drug-likeness (QED) is 0.705. The smallest absolute Gasteiger partial charge is 0.119 e. The maximum atomic E-state index is 5.35. The van der Waals surface area contributed by atoms with Crippen LogP contribution in [0, 0.1) is 20.8 Å². The Morgan fingerprint density at radius 1 is 0.957 bits per heavy atom. The van der Waals surface area contributed by atoms with E-state index in [0.717, 1.165) is 33.7 Å². The topological polar surface area (TPSA) is 34.1 Å². The van der Waals surface area contributed by atoms with Gasteiger partial charge < -0.3 is 10.1 Å². The molecule has 23 heavy (non-hydrogen) atoms. The van der Waals surface area contributed by atoms with E-state index in [2.05, 4.69) is 48.4 Å². The van der Waals surface area contributed by atoms with Gasteiger partial charge in [0.2, 0.25) is 0 Å². The Labute approximate surface area is 143 Å². The molecule has 2 aromatic carbocycles. The molecule has 3 aromatic rings. The summed E-state index contributed by atoms with van der Waals surface area (Å²) in [4.78, 5) is 4.60. The van der Waals surface area contributed by atoms with Gasteiger partial charge in [-0.15, -0.1) is 12.4 Å². The van der Waals surface area contributed by atoms with Crippen LogP contribution in [0.1, 0.15) is 16.8 Å². The average Bonchev–Trinajstić information content (AvgIpc) is 2.51. The molecule has 0 aliphatic carbocycles. The van der Waals surface area contributed by atoms with E-state index < -0.39 is 0 Å². The number of pyridine rings is 1. The van der Waals surface area contributed by atoms with Crippen molar-refractivity contribution < 1.29 is 4.74 Å². The van der Waals surface area contributed by atoms with E-state index in [4.69, 9.17) is 4.74 Å². The minimum absolute atomic E-state index is 0. The van der Waals surface area contributed by atoms with Crippen molar-refractivity contribution in [3.05, 3.63) is 59.3 Å². The fourth-order valence-corrected chi connectivity index (χ4v) is 2.60. The molecular weight excluding hydrogens is 308 g/mol. The molecule has 0 aliphatic rings. The minimum atomic E-state index is 0. The van der Waals surface area contributed by atoms with E-state index in [1.54, 1.807) is 7.11 Å². The number of aryl methyl sites for hydroxylation is 2. The largest absolute Gasteiger partial charge is 0.497 e. The third kappa shape index (κ3) is 3.40. The lowest BCUT2D eigenvalue weighted by atomic mass is 10.1. The van der Waals surface area contributed by atoms with Gasteiger partial charge in [0.1, 0.15) is 5.75 Å². The molecule has 0 bridgehead atoms. The number of aromatic nitrogens is 1. The van der Waals surface area contributed by atoms with Crippen molar-refractivity contribution in [1.82, 2.24) is 4.98 Å². The molecule has 120 valence electrons. The number of benzene rings is 2. The Bertz CT molecular complexity index is 846. The summed E-state index contributed by atoms with van der Waals surface area (Å²) in [5, 5.41) is 4.61. The van der Waals surface area contributed by atoms with Crippen LogP contribution >= 0.6 is 12.4 Å².